The van der Waals surface area contributed by atoms with Gasteiger partial charge in [0.2, 0.25) is 0 Å². The van der Waals surface area contributed by atoms with Crippen molar-refractivity contribution in [3.63, 3.8) is 0 Å². The minimum Gasteiger partial charge on any atom is -0.410 e. The topological polar surface area (TPSA) is 29.5 Å². The van der Waals surface area contributed by atoms with Crippen LogP contribution < -0.4 is 4.74 Å². The summed E-state index contributed by atoms with van der Waals surface area (Å²) in [6.07, 6.45) is -0.388. The second-order valence-corrected chi connectivity index (χ2v) is 5.67. The number of carbonyl (C=O) groups excluding carboxylic acids is 1. The minimum atomic E-state index is -0.388. The fourth-order valence-corrected chi connectivity index (χ4v) is 2.38. The predicted molar refractivity (Wildman–Crippen MR) is 82.8 cm³/mol. The van der Waals surface area contributed by atoms with Crippen molar-refractivity contribution in [1.82, 2.24) is 4.90 Å². The van der Waals surface area contributed by atoms with Gasteiger partial charge in [-0.2, -0.15) is 0 Å². The number of halogens is 1. The van der Waals surface area contributed by atoms with Crippen LogP contribution in [0.25, 0.3) is 10.8 Å². The van der Waals surface area contributed by atoms with Crippen LogP contribution >= 0.6 is 11.6 Å². The highest BCUT2D eigenvalue weighted by Gasteiger charge is 2.13. The Morgan fingerprint density at radius 1 is 1.25 bits per heavy atom. The zero-order valence-corrected chi connectivity index (χ0v) is 12.9. The van der Waals surface area contributed by atoms with E-state index < -0.39 is 0 Å². The van der Waals surface area contributed by atoms with Gasteiger partial charge in [-0.15, -0.1) is 0 Å². The minimum absolute atomic E-state index is 0.287. The van der Waals surface area contributed by atoms with Gasteiger partial charge in [0.25, 0.3) is 0 Å². The molecule has 0 aliphatic rings. The Labute approximate surface area is 124 Å². The lowest BCUT2D eigenvalue weighted by Gasteiger charge is -2.16. The summed E-state index contributed by atoms with van der Waals surface area (Å²) in [6.45, 7) is 4.19. The maximum atomic E-state index is 11.7. The van der Waals surface area contributed by atoms with E-state index in [0.717, 1.165) is 21.4 Å². The highest BCUT2D eigenvalue weighted by Crippen LogP contribution is 2.34. The van der Waals surface area contributed by atoms with Crippen LogP contribution in [0.5, 0.6) is 5.75 Å². The SMILES string of the molecule is CC(C)c1cc(OC(=O)N(C)C)cc2cccc(Cl)c12. The third kappa shape index (κ3) is 2.88. The lowest BCUT2D eigenvalue weighted by Crippen LogP contribution is -2.25. The molecule has 0 aromatic heterocycles. The highest BCUT2D eigenvalue weighted by atomic mass is 35.5. The fourth-order valence-electron chi connectivity index (χ4n) is 2.09. The molecule has 0 spiro atoms. The number of fused-ring (bicyclic) bond motifs is 1. The number of nitrogens with zero attached hydrogens (tertiary/aromatic N) is 1. The summed E-state index contributed by atoms with van der Waals surface area (Å²) in [4.78, 5) is 13.1. The molecule has 0 heterocycles. The van der Waals surface area contributed by atoms with Gasteiger partial charge in [-0.05, 0) is 35.1 Å². The van der Waals surface area contributed by atoms with Crippen LogP contribution in [-0.4, -0.2) is 25.1 Å². The molecule has 106 valence electrons. The normalized spacial score (nSPS) is 10.9. The van der Waals surface area contributed by atoms with E-state index in [1.54, 1.807) is 14.1 Å². The van der Waals surface area contributed by atoms with Crippen molar-refractivity contribution in [3.8, 4) is 5.75 Å². The second-order valence-electron chi connectivity index (χ2n) is 5.27. The molecule has 2 aromatic rings. The van der Waals surface area contributed by atoms with Gasteiger partial charge in [0, 0.05) is 24.5 Å². The molecule has 3 nitrogen and oxygen atoms in total. The monoisotopic (exact) mass is 291 g/mol. The van der Waals surface area contributed by atoms with E-state index in [4.69, 9.17) is 16.3 Å². The molecule has 0 aliphatic carbocycles. The summed E-state index contributed by atoms with van der Waals surface area (Å²) in [5.74, 6) is 0.831. The van der Waals surface area contributed by atoms with Gasteiger partial charge < -0.3 is 9.64 Å². The van der Waals surface area contributed by atoms with E-state index in [0.29, 0.717) is 5.75 Å². The maximum absolute atomic E-state index is 11.7. The molecule has 0 aliphatic heterocycles. The third-order valence-electron chi connectivity index (χ3n) is 3.12. The Morgan fingerprint density at radius 2 is 1.95 bits per heavy atom. The number of amides is 1. The molecule has 0 saturated carbocycles. The first-order valence-electron chi connectivity index (χ1n) is 6.51. The first-order valence-corrected chi connectivity index (χ1v) is 6.89. The molecule has 0 fully saturated rings. The molecule has 2 rings (SSSR count). The van der Waals surface area contributed by atoms with E-state index in [9.17, 15) is 4.79 Å². The molecule has 0 atom stereocenters. The van der Waals surface area contributed by atoms with Gasteiger partial charge in [-0.3, -0.25) is 0 Å². The smallest absolute Gasteiger partial charge is 0.410 e. The number of ether oxygens (including phenoxy) is 1. The Bertz CT molecular complexity index is 650. The maximum Gasteiger partial charge on any atom is 0.414 e. The van der Waals surface area contributed by atoms with E-state index in [2.05, 4.69) is 13.8 Å². The van der Waals surface area contributed by atoms with Gasteiger partial charge >= 0.3 is 6.09 Å². The van der Waals surface area contributed by atoms with Gasteiger partial charge in [0.15, 0.2) is 0 Å². The quantitative estimate of drug-likeness (QED) is 0.804. The zero-order chi connectivity index (χ0) is 14.9. The van der Waals surface area contributed by atoms with Crippen molar-refractivity contribution in [2.75, 3.05) is 14.1 Å². The van der Waals surface area contributed by atoms with E-state index in [1.807, 2.05) is 30.3 Å². The Hall–Kier alpha value is -1.74. The molecule has 1 amide bonds. The summed E-state index contributed by atoms with van der Waals surface area (Å²) >= 11 is 6.30. The second kappa shape index (κ2) is 5.71. The van der Waals surface area contributed by atoms with Gasteiger partial charge in [0.05, 0.1) is 0 Å². The lowest BCUT2D eigenvalue weighted by molar-refractivity contribution is 0.172. The molecular formula is C16H18ClNO2. The largest absolute Gasteiger partial charge is 0.414 e. The standard InChI is InChI=1S/C16H18ClNO2/c1-10(2)13-9-12(20-16(19)18(3)4)8-11-6-5-7-14(17)15(11)13/h5-10H,1-4H3. The van der Waals surface area contributed by atoms with Crippen LogP contribution in [0.3, 0.4) is 0 Å². The number of benzene rings is 2. The van der Waals surface area contributed by atoms with Crippen LogP contribution in [0.4, 0.5) is 4.79 Å². The summed E-state index contributed by atoms with van der Waals surface area (Å²) < 4.78 is 5.36. The number of rotatable bonds is 2. The first-order chi connectivity index (χ1) is 9.40. The summed E-state index contributed by atoms with van der Waals surface area (Å²) in [5.41, 5.74) is 1.08. The molecule has 0 bridgehead atoms. The number of hydrogen-bond donors (Lipinski definition) is 0. The van der Waals surface area contributed by atoms with Crippen molar-refractivity contribution in [2.45, 2.75) is 19.8 Å². The number of hydrogen-bond acceptors (Lipinski definition) is 2. The molecule has 4 heteroatoms. The zero-order valence-electron chi connectivity index (χ0n) is 12.1. The van der Waals surface area contributed by atoms with Gasteiger partial charge in [-0.25, -0.2) is 4.79 Å². The third-order valence-corrected chi connectivity index (χ3v) is 3.44. The van der Waals surface area contributed by atoms with Crippen LogP contribution in [0, 0.1) is 0 Å². The van der Waals surface area contributed by atoms with Crippen molar-refractivity contribution in [3.05, 3.63) is 40.9 Å². The van der Waals surface area contributed by atoms with Crippen LogP contribution in [-0.2, 0) is 0 Å². The Balaban J connectivity index is 2.57. The number of carbonyl (C=O) groups is 1. The molecule has 20 heavy (non-hydrogen) atoms. The first kappa shape index (κ1) is 14.7. The Kier molecular flexibility index (Phi) is 4.19. The van der Waals surface area contributed by atoms with Gasteiger partial charge in [0.1, 0.15) is 5.75 Å². The molecule has 0 unspecified atom stereocenters. The molecule has 2 aromatic carbocycles. The summed E-state index contributed by atoms with van der Waals surface area (Å²) in [5, 5.41) is 2.72. The molecule has 0 saturated heterocycles. The van der Waals surface area contributed by atoms with E-state index >= 15 is 0 Å². The van der Waals surface area contributed by atoms with Crippen LogP contribution in [0.15, 0.2) is 30.3 Å². The van der Waals surface area contributed by atoms with E-state index in [1.165, 1.54) is 4.90 Å². The summed E-state index contributed by atoms with van der Waals surface area (Å²) in [7, 11) is 3.31. The lowest BCUT2D eigenvalue weighted by atomic mass is 9.95. The average molecular weight is 292 g/mol. The van der Waals surface area contributed by atoms with E-state index in [-0.39, 0.29) is 12.0 Å². The molecular weight excluding hydrogens is 274 g/mol. The molecule has 0 radical (unpaired) electrons. The molecule has 0 N–H and O–H groups in total. The van der Waals surface area contributed by atoms with Crippen molar-refractivity contribution in [1.29, 1.82) is 0 Å². The van der Waals surface area contributed by atoms with Crippen molar-refractivity contribution < 1.29 is 9.53 Å². The van der Waals surface area contributed by atoms with Crippen molar-refractivity contribution in [2.24, 2.45) is 0 Å². The fraction of sp³-hybridized carbons (Fsp3) is 0.312. The van der Waals surface area contributed by atoms with Gasteiger partial charge in [-0.1, -0.05) is 37.6 Å². The predicted octanol–water partition coefficient (Wildman–Crippen LogP) is 4.68. The highest BCUT2D eigenvalue weighted by molar-refractivity contribution is 6.35. The Morgan fingerprint density at radius 3 is 2.55 bits per heavy atom. The van der Waals surface area contributed by atoms with Crippen LogP contribution in [0.1, 0.15) is 25.3 Å². The average Bonchev–Trinajstić information content (AvgIpc) is 2.37. The van der Waals surface area contributed by atoms with Crippen LogP contribution in [0.2, 0.25) is 5.02 Å². The summed E-state index contributed by atoms with van der Waals surface area (Å²) in [6, 6.07) is 9.47. The van der Waals surface area contributed by atoms with Crippen molar-refractivity contribution >= 4 is 28.5 Å².